The molecule has 1 aromatic carbocycles. The van der Waals surface area contributed by atoms with Gasteiger partial charge in [-0.1, -0.05) is 6.92 Å². The zero-order valence-electron chi connectivity index (χ0n) is 16.1. The van der Waals surface area contributed by atoms with Gasteiger partial charge in [-0.3, -0.25) is 4.79 Å². The Morgan fingerprint density at radius 1 is 1.31 bits per heavy atom. The number of carbonyl (C=O) groups is 2. The lowest BCUT2D eigenvalue weighted by Crippen LogP contribution is -2.34. The Balaban J connectivity index is 2.05. The SMILES string of the molecule is CCNc1ccc(C(=O)OCC)cc1NC(=O)CC(C)C1CCCNC1. The van der Waals surface area contributed by atoms with Crippen molar-refractivity contribution < 1.29 is 14.3 Å². The monoisotopic (exact) mass is 361 g/mol. The van der Waals surface area contributed by atoms with Gasteiger partial charge in [-0.05, 0) is 69.8 Å². The van der Waals surface area contributed by atoms with E-state index in [1.165, 1.54) is 12.8 Å². The molecule has 1 aliphatic heterocycles. The highest BCUT2D eigenvalue weighted by molar-refractivity contribution is 5.98. The summed E-state index contributed by atoms with van der Waals surface area (Å²) in [5.41, 5.74) is 1.87. The van der Waals surface area contributed by atoms with Crippen molar-refractivity contribution in [2.75, 3.05) is 36.9 Å². The fraction of sp³-hybridized carbons (Fsp3) is 0.600. The minimum atomic E-state index is -0.382. The zero-order chi connectivity index (χ0) is 18.9. The van der Waals surface area contributed by atoms with E-state index in [4.69, 9.17) is 4.74 Å². The van der Waals surface area contributed by atoms with Crippen molar-refractivity contribution in [2.45, 2.75) is 40.0 Å². The number of piperidine rings is 1. The molecule has 1 saturated heterocycles. The van der Waals surface area contributed by atoms with Gasteiger partial charge in [0, 0.05) is 13.0 Å². The number of ether oxygens (including phenoxy) is 1. The van der Waals surface area contributed by atoms with E-state index in [1.807, 2.05) is 6.92 Å². The highest BCUT2D eigenvalue weighted by Gasteiger charge is 2.22. The molecule has 26 heavy (non-hydrogen) atoms. The molecule has 1 aromatic rings. The topological polar surface area (TPSA) is 79.5 Å². The maximum Gasteiger partial charge on any atom is 0.338 e. The van der Waals surface area contributed by atoms with Gasteiger partial charge in [0.15, 0.2) is 0 Å². The quantitative estimate of drug-likeness (QED) is 0.619. The van der Waals surface area contributed by atoms with Crippen LogP contribution in [0.3, 0.4) is 0 Å². The first kappa shape index (κ1) is 20.2. The van der Waals surface area contributed by atoms with E-state index < -0.39 is 0 Å². The lowest BCUT2D eigenvalue weighted by Gasteiger charge is -2.28. The number of benzene rings is 1. The fourth-order valence-corrected chi connectivity index (χ4v) is 3.36. The van der Waals surface area contributed by atoms with Crippen LogP contribution in [0.4, 0.5) is 11.4 Å². The summed E-state index contributed by atoms with van der Waals surface area (Å²) in [5, 5.41) is 9.60. The predicted octanol–water partition coefficient (Wildman–Crippen LogP) is 3.26. The molecular formula is C20H31N3O3. The molecule has 6 nitrogen and oxygen atoms in total. The van der Waals surface area contributed by atoms with Crippen molar-refractivity contribution in [1.29, 1.82) is 0 Å². The zero-order valence-corrected chi connectivity index (χ0v) is 16.1. The van der Waals surface area contributed by atoms with Crippen molar-refractivity contribution in [3.05, 3.63) is 23.8 Å². The second-order valence-electron chi connectivity index (χ2n) is 6.85. The van der Waals surface area contributed by atoms with Crippen molar-refractivity contribution in [3.63, 3.8) is 0 Å². The van der Waals surface area contributed by atoms with E-state index in [2.05, 4.69) is 22.9 Å². The molecule has 1 heterocycles. The van der Waals surface area contributed by atoms with Crippen LogP contribution in [0.2, 0.25) is 0 Å². The number of nitrogens with one attached hydrogen (secondary N) is 3. The average molecular weight is 361 g/mol. The summed E-state index contributed by atoms with van der Waals surface area (Å²) < 4.78 is 5.05. The lowest BCUT2D eigenvalue weighted by molar-refractivity contribution is -0.117. The number of esters is 1. The molecule has 0 bridgehead atoms. The van der Waals surface area contributed by atoms with Crippen molar-refractivity contribution >= 4 is 23.3 Å². The minimum Gasteiger partial charge on any atom is -0.462 e. The molecule has 0 radical (unpaired) electrons. The summed E-state index contributed by atoms with van der Waals surface area (Å²) in [5.74, 6) is 0.447. The van der Waals surface area contributed by atoms with Crippen LogP contribution in [0, 0.1) is 11.8 Å². The van der Waals surface area contributed by atoms with Crippen LogP contribution < -0.4 is 16.0 Å². The third kappa shape index (κ3) is 5.73. The number of carbonyl (C=O) groups excluding carboxylic acids is 2. The van der Waals surface area contributed by atoms with Crippen LogP contribution >= 0.6 is 0 Å². The van der Waals surface area contributed by atoms with Crippen molar-refractivity contribution in [2.24, 2.45) is 11.8 Å². The Morgan fingerprint density at radius 2 is 2.12 bits per heavy atom. The van der Waals surface area contributed by atoms with Crippen molar-refractivity contribution in [3.8, 4) is 0 Å². The molecule has 0 saturated carbocycles. The molecule has 1 aliphatic rings. The van der Waals surface area contributed by atoms with Crippen molar-refractivity contribution in [1.82, 2.24) is 5.32 Å². The van der Waals surface area contributed by atoms with Gasteiger partial charge in [-0.25, -0.2) is 4.79 Å². The van der Waals surface area contributed by atoms with Gasteiger partial charge in [-0.2, -0.15) is 0 Å². The number of hydrogen-bond donors (Lipinski definition) is 3. The third-order valence-electron chi connectivity index (χ3n) is 4.82. The van der Waals surface area contributed by atoms with E-state index in [0.29, 0.717) is 36.1 Å². The lowest BCUT2D eigenvalue weighted by atomic mass is 9.85. The van der Waals surface area contributed by atoms with Gasteiger partial charge in [0.25, 0.3) is 0 Å². The average Bonchev–Trinajstić information content (AvgIpc) is 2.64. The van der Waals surface area contributed by atoms with Gasteiger partial charge >= 0.3 is 5.97 Å². The van der Waals surface area contributed by atoms with Crippen LogP contribution in [0.15, 0.2) is 18.2 Å². The molecule has 2 atom stereocenters. The number of rotatable bonds is 8. The maximum atomic E-state index is 12.6. The Kier molecular flexibility index (Phi) is 7.91. The fourth-order valence-electron chi connectivity index (χ4n) is 3.36. The number of anilines is 2. The molecule has 1 amide bonds. The van der Waals surface area contributed by atoms with Crippen LogP contribution in [0.5, 0.6) is 0 Å². The molecule has 2 unspecified atom stereocenters. The van der Waals surface area contributed by atoms with Gasteiger partial charge in [-0.15, -0.1) is 0 Å². The summed E-state index contributed by atoms with van der Waals surface area (Å²) in [6.45, 7) is 9.00. The van der Waals surface area contributed by atoms with Gasteiger partial charge in [0.2, 0.25) is 5.91 Å². The van der Waals surface area contributed by atoms with Crippen LogP contribution in [-0.4, -0.2) is 38.1 Å². The molecule has 0 aliphatic carbocycles. The Hall–Kier alpha value is -2.08. The maximum absolute atomic E-state index is 12.6. The first-order chi connectivity index (χ1) is 12.5. The smallest absolute Gasteiger partial charge is 0.338 e. The summed E-state index contributed by atoms with van der Waals surface area (Å²) in [6, 6.07) is 5.20. The van der Waals surface area contributed by atoms with Crippen LogP contribution in [0.25, 0.3) is 0 Å². The number of hydrogen-bond acceptors (Lipinski definition) is 5. The molecule has 144 valence electrons. The molecule has 2 rings (SSSR count). The highest BCUT2D eigenvalue weighted by Crippen LogP contribution is 2.26. The third-order valence-corrected chi connectivity index (χ3v) is 4.82. The highest BCUT2D eigenvalue weighted by atomic mass is 16.5. The Labute approximate surface area is 156 Å². The molecule has 0 spiro atoms. The van der Waals surface area contributed by atoms with E-state index in [-0.39, 0.29) is 11.9 Å². The minimum absolute atomic E-state index is 0.0248. The number of amides is 1. The first-order valence-electron chi connectivity index (χ1n) is 9.60. The predicted molar refractivity (Wildman–Crippen MR) is 105 cm³/mol. The Bertz CT molecular complexity index is 612. The van der Waals surface area contributed by atoms with Gasteiger partial charge < -0.3 is 20.7 Å². The first-order valence-corrected chi connectivity index (χ1v) is 9.60. The summed E-state index contributed by atoms with van der Waals surface area (Å²) in [6.07, 6.45) is 2.81. The van der Waals surface area contributed by atoms with E-state index >= 15 is 0 Å². The van der Waals surface area contributed by atoms with E-state index in [9.17, 15) is 9.59 Å². The summed E-state index contributed by atoms with van der Waals surface area (Å²) in [4.78, 5) is 24.5. The second-order valence-corrected chi connectivity index (χ2v) is 6.85. The second kappa shape index (κ2) is 10.2. The van der Waals surface area contributed by atoms with E-state index in [0.717, 1.165) is 25.3 Å². The summed E-state index contributed by atoms with van der Waals surface area (Å²) in [7, 11) is 0. The van der Waals surface area contributed by atoms with E-state index in [1.54, 1.807) is 25.1 Å². The molecular weight excluding hydrogens is 330 g/mol. The van der Waals surface area contributed by atoms with Crippen LogP contribution in [0.1, 0.15) is 50.4 Å². The molecule has 0 aromatic heterocycles. The Morgan fingerprint density at radius 3 is 2.77 bits per heavy atom. The molecule has 3 N–H and O–H groups in total. The van der Waals surface area contributed by atoms with Gasteiger partial charge in [0.05, 0.1) is 23.5 Å². The molecule has 6 heteroatoms. The standard InChI is InChI=1S/C20H31N3O3/c1-4-22-17-9-8-15(20(25)26-5-2)12-18(17)23-19(24)11-14(3)16-7-6-10-21-13-16/h8-9,12,14,16,21-22H,4-7,10-11,13H2,1-3H3,(H,23,24). The molecule has 1 fully saturated rings. The summed E-state index contributed by atoms with van der Waals surface area (Å²) >= 11 is 0. The van der Waals surface area contributed by atoms with Gasteiger partial charge in [0.1, 0.15) is 0 Å². The normalized spacial score (nSPS) is 18.0. The van der Waals surface area contributed by atoms with Crippen LogP contribution in [-0.2, 0) is 9.53 Å². The largest absolute Gasteiger partial charge is 0.462 e.